The molecule has 1 aromatic heterocycles. The molecule has 1 heterocycles. The van der Waals surface area contributed by atoms with E-state index in [4.69, 9.17) is 9.47 Å². The number of ether oxygens (including phenoxy) is 2. The SMILES string of the molecule is CCOc1cnc2c(C)cc(OC(SC)C(=O)NC(C)(C)C)cc2c1. The zero-order chi connectivity index (χ0) is 18.6. The molecule has 2 rings (SSSR count). The van der Waals surface area contributed by atoms with E-state index in [1.54, 1.807) is 6.20 Å². The van der Waals surface area contributed by atoms with Crippen molar-refractivity contribution in [1.29, 1.82) is 0 Å². The molecule has 5 nitrogen and oxygen atoms in total. The van der Waals surface area contributed by atoms with Crippen molar-refractivity contribution < 1.29 is 14.3 Å². The molecule has 25 heavy (non-hydrogen) atoms. The first-order valence-electron chi connectivity index (χ1n) is 8.28. The van der Waals surface area contributed by atoms with E-state index < -0.39 is 5.44 Å². The first-order valence-corrected chi connectivity index (χ1v) is 9.57. The lowest BCUT2D eigenvalue weighted by Crippen LogP contribution is -2.46. The molecule has 0 aliphatic rings. The van der Waals surface area contributed by atoms with Crippen LogP contribution < -0.4 is 14.8 Å². The highest BCUT2D eigenvalue weighted by Gasteiger charge is 2.24. The monoisotopic (exact) mass is 362 g/mol. The number of nitrogens with zero attached hydrogens (tertiary/aromatic N) is 1. The first kappa shape index (κ1) is 19.4. The highest BCUT2D eigenvalue weighted by Crippen LogP contribution is 2.28. The van der Waals surface area contributed by atoms with Gasteiger partial charge in [-0.3, -0.25) is 9.78 Å². The molecule has 0 saturated heterocycles. The van der Waals surface area contributed by atoms with Crippen molar-refractivity contribution in [3.05, 3.63) is 30.0 Å². The van der Waals surface area contributed by atoms with Crippen LogP contribution in [0.25, 0.3) is 10.9 Å². The molecular weight excluding hydrogens is 336 g/mol. The lowest BCUT2D eigenvalue weighted by Gasteiger charge is -2.24. The highest BCUT2D eigenvalue weighted by atomic mass is 32.2. The molecule has 0 spiro atoms. The summed E-state index contributed by atoms with van der Waals surface area (Å²) in [5, 5.41) is 3.88. The Balaban J connectivity index is 2.28. The van der Waals surface area contributed by atoms with E-state index in [0.717, 1.165) is 22.2 Å². The molecule has 0 saturated carbocycles. The molecular formula is C19H26N2O3S. The molecule has 136 valence electrons. The zero-order valence-corrected chi connectivity index (χ0v) is 16.5. The second-order valence-corrected chi connectivity index (χ2v) is 7.74. The Bertz CT molecular complexity index is 756. The van der Waals surface area contributed by atoms with Crippen molar-refractivity contribution in [3.63, 3.8) is 0 Å². The number of rotatable bonds is 6. The summed E-state index contributed by atoms with van der Waals surface area (Å²) >= 11 is 1.36. The fourth-order valence-electron chi connectivity index (χ4n) is 2.45. The summed E-state index contributed by atoms with van der Waals surface area (Å²) in [6, 6.07) is 5.74. The van der Waals surface area contributed by atoms with Gasteiger partial charge in [0.1, 0.15) is 11.5 Å². The van der Waals surface area contributed by atoms with Crippen LogP contribution in [0.1, 0.15) is 33.3 Å². The summed E-state index contributed by atoms with van der Waals surface area (Å²) in [6.45, 7) is 10.3. The van der Waals surface area contributed by atoms with Gasteiger partial charge in [-0.15, -0.1) is 11.8 Å². The fraction of sp³-hybridized carbons (Fsp3) is 0.474. The third-order valence-corrected chi connectivity index (χ3v) is 4.14. The van der Waals surface area contributed by atoms with E-state index in [0.29, 0.717) is 12.4 Å². The molecule has 6 heteroatoms. The summed E-state index contributed by atoms with van der Waals surface area (Å²) < 4.78 is 11.5. The van der Waals surface area contributed by atoms with Crippen molar-refractivity contribution >= 4 is 28.6 Å². The van der Waals surface area contributed by atoms with Crippen LogP contribution in [0.2, 0.25) is 0 Å². The molecule has 0 aliphatic carbocycles. The molecule has 1 N–H and O–H groups in total. The topological polar surface area (TPSA) is 60.5 Å². The predicted molar refractivity (Wildman–Crippen MR) is 103 cm³/mol. The molecule has 2 aromatic rings. The highest BCUT2D eigenvalue weighted by molar-refractivity contribution is 7.99. The van der Waals surface area contributed by atoms with Crippen LogP contribution >= 0.6 is 11.8 Å². The minimum absolute atomic E-state index is 0.140. The molecule has 0 radical (unpaired) electrons. The maximum Gasteiger partial charge on any atom is 0.272 e. The molecule has 1 amide bonds. The molecule has 0 fully saturated rings. The number of amides is 1. The number of carbonyl (C=O) groups is 1. The van der Waals surface area contributed by atoms with Crippen molar-refractivity contribution in [2.24, 2.45) is 0 Å². The first-order chi connectivity index (χ1) is 11.7. The van der Waals surface area contributed by atoms with Crippen LogP contribution in [0.15, 0.2) is 24.4 Å². The molecule has 1 unspecified atom stereocenters. The summed E-state index contributed by atoms with van der Waals surface area (Å²) in [6.07, 6.45) is 3.58. The van der Waals surface area contributed by atoms with Crippen LogP contribution in [0, 0.1) is 6.92 Å². The lowest BCUT2D eigenvalue weighted by atomic mass is 10.1. The average molecular weight is 362 g/mol. The quantitative estimate of drug-likeness (QED) is 0.789. The molecule has 0 bridgehead atoms. The summed E-state index contributed by atoms with van der Waals surface area (Å²) in [5.41, 5.74) is 0.978. The van der Waals surface area contributed by atoms with Gasteiger partial charge in [-0.1, -0.05) is 0 Å². The van der Waals surface area contributed by atoms with Gasteiger partial charge < -0.3 is 14.8 Å². The van der Waals surface area contributed by atoms with Crippen LogP contribution in [0.3, 0.4) is 0 Å². The van der Waals surface area contributed by atoms with Crippen molar-refractivity contribution in [3.8, 4) is 11.5 Å². The van der Waals surface area contributed by atoms with Gasteiger partial charge in [-0.05, 0) is 64.6 Å². The van der Waals surface area contributed by atoms with Gasteiger partial charge in [-0.2, -0.15) is 0 Å². The van der Waals surface area contributed by atoms with E-state index in [1.807, 2.05) is 59.1 Å². The number of carbonyl (C=O) groups excluding carboxylic acids is 1. The number of hydrogen-bond donors (Lipinski definition) is 1. The standard InChI is InChI=1S/C19H26N2O3S/c1-7-23-15-10-13-9-14(8-12(2)16(13)20-11-15)24-18(25-6)17(22)21-19(3,4)5/h8-11,18H,7H2,1-6H3,(H,21,22). The second-order valence-electron chi connectivity index (χ2n) is 6.84. The summed E-state index contributed by atoms with van der Waals surface area (Å²) in [4.78, 5) is 16.9. The Hall–Kier alpha value is -1.95. The van der Waals surface area contributed by atoms with E-state index >= 15 is 0 Å². The number of fused-ring (bicyclic) bond motifs is 1. The predicted octanol–water partition coefficient (Wildman–Crippen LogP) is 3.92. The Morgan fingerprint density at radius 3 is 2.56 bits per heavy atom. The van der Waals surface area contributed by atoms with Gasteiger partial charge in [-0.25, -0.2) is 0 Å². The van der Waals surface area contributed by atoms with E-state index in [-0.39, 0.29) is 11.4 Å². The molecule has 1 atom stereocenters. The van der Waals surface area contributed by atoms with Crippen LogP contribution in [-0.4, -0.2) is 34.7 Å². The van der Waals surface area contributed by atoms with E-state index in [9.17, 15) is 4.79 Å². The summed E-state index contributed by atoms with van der Waals surface area (Å²) in [7, 11) is 0. The van der Waals surface area contributed by atoms with Crippen molar-refractivity contribution in [2.75, 3.05) is 12.9 Å². The average Bonchev–Trinajstić information content (AvgIpc) is 2.51. The van der Waals surface area contributed by atoms with Crippen LogP contribution in [0.4, 0.5) is 0 Å². The van der Waals surface area contributed by atoms with E-state index in [2.05, 4.69) is 10.3 Å². The largest absolute Gasteiger partial charge is 0.492 e. The summed E-state index contributed by atoms with van der Waals surface area (Å²) in [5.74, 6) is 1.22. The number of thioether (sulfide) groups is 1. The number of benzene rings is 1. The van der Waals surface area contributed by atoms with Gasteiger partial charge in [0.25, 0.3) is 5.91 Å². The van der Waals surface area contributed by atoms with E-state index in [1.165, 1.54) is 11.8 Å². The number of pyridine rings is 1. The lowest BCUT2D eigenvalue weighted by molar-refractivity contribution is -0.125. The normalized spacial score (nSPS) is 12.7. The molecule has 0 aliphatic heterocycles. The Morgan fingerprint density at radius 2 is 1.96 bits per heavy atom. The zero-order valence-electron chi connectivity index (χ0n) is 15.7. The smallest absolute Gasteiger partial charge is 0.272 e. The number of aromatic nitrogens is 1. The third kappa shape index (κ3) is 5.26. The Labute approximate surface area is 153 Å². The van der Waals surface area contributed by atoms with Crippen LogP contribution in [-0.2, 0) is 4.79 Å². The third-order valence-electron chi connectivity index (χ3n) is 3.40. The molecule has 1 aromatic carbocycles. The number of hydrogen-bond acceptors (Lipinski definition) is 5. The number of nitrogens with one attached hydrogen (secondary N) is 1. The maximum absolute atomic E-state index is 12.4. The fourth-order valence-corrected chi connectivity index (χ4v) is 2.93. The number of aryl methyl sites for hydroxylation is 1. The Morgan fingerprint density at radius 1 is 1.28 bits per heavy atom. The second kappa shape index (κ2) is 7.95. The van der Waals surface area contributed by atoms with Crippen molar-refractivity contribution in [1.82, 2.24) is 10.3 Å². The minimum atomic E-state index is -0.612. The minimum Gasteiger partial charge on any atom is -0.492 e. The maximum atomic E-state index is 12.4. The van der Waals surface area contributed by atoms with Gasteiger partial charge >= 0.3 is 0 Å². The van der Waals surface area contributed by atoms with Gasteiger partial charge in [0.05, 0.1) is 18.3 Å². The van der Waals surface area contributed by atoms with Gasteiger partial charge in [0.15, 0.2) is 0 Å². The van der Waals surface area contributed by atoms with Crippen LogP contribution in [0.5, 0.6) is 11.5 Å². The van der Waals surface area contributed by atoms with Gasteiger partial charge in [0.2, 0.25) is 5.44 Å². The Kier molecular flexibility index (Phi) is 6.16. The van der Waals surface area contributed by atoms with Gasteiger partial charge in [0, 0.05) is 10.9 Å². The van der Waals surface area contributed by atoms with Crippen molar-refractivity contribution in [2.45, 2.75) is 45.6 Å².